The van der Waals surface area contributed by atoms with Gasteiger partial charge in [0.25, 0.3) is 5.91 Å². The van der Waals surface area contributed by atoms with E-state index in [1.54, 1.807) is 0 Å². The van der Waals surface area contributed by atoms with Crippen LogP contribution < -0.4 is 10.6 Å². The Kier molecular flexibility index (Phi) is 5.93. The zero-order valence-electron chi connectivity index (χ0n) is 15.7. The van der Waals surface area contributed by atoms with E-state index in [0.717, 1.165) is 42.5 Å². The van der Waals surface area contributed by atoms with Crippen LogP contribution in [-0.4, -0.2) is 12.6 Å². The summed E-state index contributed by atoms with van der Waals surface area (Å²) in [5, 5.41) is 7.55. The number of amides is 1. The van der Waals surface area contributed by atoms with Gasteiger partial charge in [0.15, 0.2) is 0 Å². The lowest BCUT2D eigenvalue weighted by Crippen LogP contribution is -2.44. The van der Waals surface area contributed by atoms with Gasteiger partial charge in [0.2, 0.25) is 0 Å². The lowest BCUT2D eigenvalue weighted by Gasteiger charge is -2.34. The van der Waals surface area contributed by atoms with Gasteiger partial charge in [-0.25, -0.2) is 0 Å². The van der Waals surface area contributed by atoms with Crippen molar-refractivity contribution in [2.75, 3.05) is 6.67 Å². The molecule has 1 fully saturated rings. The van der Waals surface area contributed by atoms with Crippen LogP contribution >= 0.6 is 23.2 Å². The Hall–Kier alpha value is -1.97. The van der Waals surface area contributed by atoms with Crippen LogP contribution in [0.5, 0.6) is 0 Å². The van der Waals surface area contributed by atoms with E-state index in [2.05, 4.69) is 41.0 Å². The van der Waals surface area contributed by atoms with Crippen molar-refractivity contribution in [2.24, 2.45) is 5.92 Å². The predicted molar refractivity (Wildman–Crippen MR) is 114 cm³/mol. The van der Waals surface area contributed by atoms with Gasteiger partial charge in [-0.3, -0.25) is 4.79 Å². The molecule has 1 saturated carbocycles. The summed E-state index contributed by atoms with van der Waals surface area (Å²) in [5.74, 6) is 0.967. The molecule has 2 N–H and O–H groups in total. The Morgan fingerprint density at radius 1 is 0.821 bits per heavy atom. The monoisotopic (exact) mass is 414 g/mol. The third-order valence-corrected chi connectivity index (χ3v) is 6.66. The summed E-state index contributed by atoms with van der Waals surface area (Å²) in [5.41, 5.74) is 4.08. The minimum Gasteiger partial charge on any atom is -0.371 e. The molecule has 1 heterocycles. The van der Waals surface area contributed by atoms with E-state index in [-0.39, 0.29) is 5.91 Å². The molecule has 1 amide bonds. The molecule has 0 aromatic heterocycles. The van der Waals surface area contributed by atoms with E-state index in [4.69, 9.17) is 23.2 Å². The molecule has 0 unspecified atom stereocenters. The third kappa shape index (κ3) is 4.06. The SMILES string of the molecule is O=C1NCNC(C2CCC(c3ccccc3)CC2)=C1Cc1c(Cl)cccc1Cl. The first kappa shape index (κ1) is 19.4. The molecular weight excluding hydrogens is 391 g/mol. The highest BCUT2D eigenvalue weighted by atomic mass is 35.5. The van der Waals surface area contributed by atoms with Crippen LogP contribution in [0.1, 0.15) is 42.7 Å². The fourth-order valence-corrected chi connectivity index (χ4v) is 4.97. The second-order valence-corrected chi connectivity index (χ2v) is 8.40. The second kappa shape index (κ2) is 8.59. The first-order valence-electron chi connectivity index (χ1n) is 9.86. The molecule has 3 nitrogen and oxygen atoms in total. The van der Waals surface area contributed by atoms with Crippen LogP contribution in [0.3, 0.4) is 0 Å². The van der Waals surface area contributed by atoms with E-state index in [1.807, 2.05) is 18.2 Å². The maximum absolute atomic E-state index is 12.7. The molecule has 146 valence electrons. The lowest BCUT2D eigenvalue weighted by molar-refractivity contribution is -0.118. The number of rotatable bonds is 4. The Morgan fingerprint density at radius 3 is 2.14 bits per heavy atom. The summed E-state index contributed by atoms with van der Waals surface area (Å²) in [6.45, 7) is 0.479. The van der Waals surface area contributed by atoms with Crippen molar-refractivity contribution in [3.63, 3.8) is 0 Å². The molecule has 0 spiro atoms. The van der Waals surface area contributed by atoms with Crippen LogP contribution in [0.25, 0.3) is 0 Å². The van der Waals surface area contributed by atoms with Crippen molar-refractivity contribution in [1.29, 1.82) is 0 Å². The largest absolute Gasteiger partial charge is 0.371 e. The molecule has 2 aromatic carbocycles. The number of hydrogen-bond donors (Lipinski definition) is 2. The fourth-order valence-electron chi connectivity index (χ4n) is 4.44. The van der Waals surface area contributed by atoms with Gasteiger partial charge in [0.1, 0.15) is 0 Å². The van der Waals surface area contributed by atoms with E-state index in [1.165, 1.54) is 5.56 Å². The molecule has 0 radical (unpaired) electrons. The first-order valence-corrected chi connectivity index (χ1v) is 10.6. The van der Waals surface area contributed by atoms with E-state index < -0.39 is 0 Å². The molecule has 1 aliphatic heterocycles. The summed E-state index contributed by atoms with van der Waals surface area (Å²) in [4.78, 5) is 12.7. The van der Waals surface area contributed by atoms with Crippen molar-refractivity contribution >= 4 is 29.1 Å². The highest BCUT2D eigenvalue weighted by Crippen LogP contribution is 2.40. The quantitative estimate of drug-likeness (QED) is 0.698. The second-order valence-electron chi connectivity index (χ2n) is 7.59. The average molecular weight is 415 g/mol. The molecular formula is C23H24Cl2N2O. The molecule has 0 bridgehead atoms. The molecule has 28 heavy (non-hydrogen) atoms. The molecule has 4 rings (SSSR count). The van der Waals surface area contributed by atoms with Crippen molar-refractivity contribution in [3.05, 3.63) is 81.0 Å². The van der Waals surface area contributed by atoms with Gasteiger partial charge >= 0.3 is 0 Å². The highest BCUT2D eigenvalue weighted by molar-refractivity contribution is 6.36. The molecule has 0 saturated heterocycles. The van der Waals surface area contributed by atoms with Gasteiger partial charge in [-0.15, -0.1) is 0 Å². The van der Waals surface area contributed by atoms with Crippen LogP contribution in [0.2, 0.25) is 10.0 Å². The minimum absolute atomic E-state index is 0.0186. The Bertz CT molecular complexity index is 866. The van der Waals surface area contributed by atoms with Crippen molar-refractivity contribution in [2.45, 2.75) is 38.0 Å². The van der Waals surface area contributed by atoms with Gasteiger partial charge in [-0.2, -0.15) is 0 Å². The van der Waals surface area contributed by atoms with Gasteiger partial charge in [0.05, 0.1) is 6.67 Å². The van der Waals surface area contributed by atoms with Crippen LogP contribution in [0.4, 0.5) is 0 Å². The van der Waals surface area contributed by atoms with Crippen LogP contribution in [0.15, 0.2) is 59.8 Å². The summed E-state index contributed by atoms with van der Waals surface area (Å²) in [6, 6.07) is 16.2. The number of benzene rings is 2. The summed E-state index contributed by atoms with van der Waals surface area (Å²) < 4.78 is 0. The standard InChI is InChI=1S/C23H24Cl2N2O/c24-20-7-4-8-21(25)18(20)13-19-22(26-14-27-23(19)28)17-11-9-16(10-12-17)15-5-2-1-3-6-15/h1-8,16-17,26H,9-14H2,(H,27,28). The first-order chi connectivity index (χ1) is 13.6. The van der Waals surface area contributed by atoms with E-state index in [0.29, 0.717) is 35.0 Å². The number of halogens is 2. The maximum Gasteiger partial charge on any atom is 0.250 e. The van der Waals surface area contributed by atoms with Crippen molar-refractivity contribution in [1.82, 2.24) is 10.6 Å². The molecule has 0 atom stereocenters. The number of carbonyl (C=O) groups excluding carboxylic acids is 1. The molecule has 2 aliphatic rings. The highest BCUT2D eigenvalue weighted by Gasteiger charge is 2.30. The number of carbonyl (C=O) groups is 1. The Morgan fingerprint density at radius 2 is 1.46 bits per heavy atom. The van der Waals surface area contributed by atoms with Crippen molar-refractivity contribution < 1.29 is 4.79 Å². The topological polar surface area (TPSA) is 41.1 Å². The minimum atomic E-state index is -0.0186. The van der Waals surface area contributed by atoms with Crippen molar-refractivity contribution in [3.8, 4) is 0 Å². The predicted octanol–water partition coefficient (Wildman–Crippen LogP) is 5.44. The van der Waals surface area contributed by atoms with Crippen LogP contribution in [0, 0.1) is 5.92 Å². The van der Waals surface area contributed by atoms with E-state index >= 15 is 0 Å². The third-order valence-electron chi connectivity index (χ3n) is 5.95. The zero-order chi connectivity index (χ0) is 19.5. The smallest absolute Gasteiger partial charge is 0.250 e. The fraction of sp³-hybridized carbons (Fsp3) is 0.348. The number of allylic oxidation sites excluding steroid dienone is 1. The normalized spacial score (nSPS) is 22.6. The maximum atomic E-state index is 12.7. The Labute approximate surface area is 176 Å². The summed E-state index contributed by atoms with van der Waals surface area (Å²) in [6.07, 6.45) is 4.89. The summed E-state index contributed by atoms with van der Waals surface area (Å²) in [7, 11) is 0. The lowest BCUT2D eigenvalue weighted by atomic mass is 9.76. The van der Waals surface area contributed by atoms with Crippen LogP contribution in [-0.2, 0) is 11.2 Å². The number of nitrogens with one attached hydrogen (secondary N) is 2. The zero-order valence-corrected chi connectivity index (χ0v) is 17.2. The van der Waals surface area contributed by atoms with Gasteiger partial charge in [-0.1, -0.05) is 59.6 Å². The van der Waals surface area contributed by atoms with E-state index in [9.17, 15) is 4.79 Å². The van der Waals surface area contributed by atoms with Gasteiger partial charge < -0.3 is 10.6 Å². The summed E-state index contributed by atoms with van der Waals surface area (Å²) >= 11 is 12.7. The average Bonchev–Trinajstić information content (AvgIpc) is 2.72. The van der Waals surface area contributed by atoms with Gasteiger partial charge in [-0.05, 0) is 60.8 Å². The Balaban J connectivity index is 1.56. The molecule has 1 aliphatic carbocycles. The molecule has 5 heteroatoms. The van der Waals surface area contributed by atoms with Gasteiger partial charge in [0, 0.05) is 27.7 Å². The number of hydrogen-bond acceptors (Lipinski definition) is 2. The molecule has 2 aromatic rings.